The maximum atomic E-state index is 11.2. The lowest BCUT2D eigenvalue weighted by molar-refractivity contribution is -0.385. The first kappa shape index (κ1) is 15.5. The van der Waals surface area contributed by atoms with Crippen molar-refractivity contribution in [3.8, 4) is 5.75 Å². The van der Waals surface area contributed by atoms with Crippen molar-refractivity contribution in [3.05, 3.63) is 31.8 Å². The van der Waals surface area contributed by atoms with Crippen LogP contribution in [0, 0.1) is 16.0 Å². The smallest absolute Gasteiger partial charge is 0.346 e. The van der Waals surface area contributed by atoms with Crippen LogP contribution < -0.4 is 4.74 Å². The van der Waals surface area contributed by atoms with Gasteiger partial charge < -0.3 is 9.84 Å². The molecule has 0 atom stereocenters. The van der Waals surface area contributed by atoms with Crippen LogP contribution in [-0.2, 0) is 0 Å². The quantitative estimate of drug-likeness (QED) is 0.662. The monoisotopic (exact) mass is 307 g/mol. The van der Waals surface area contributed by atoms with Gasteiger partial charge in [0, 0.05) is 0 Å². The average molecular weight is 308 g/mol. The second-order valence-corrected chi connectivity index (χ2v) is 4.97. The van der Waals surface area contributed by atoms with Crippen LogP contribution in [0.5, 0.6) is 5.75 Å². The summed E-state index contributed by atoms with van der Waals surface area (Å²) in [6, 6.07) is 1.10. The van der Waals surface area contributed by atoms with E-state index in [1.54, 1.807) is 0 Å². The summed E-state index contributed by atoms with van der Waals surface area (Å²) in [5.41, 5.74) is -1.36. The van der Waals surface area contributed by atoms with Crippen LogP contribution in [0.2, 0.25) is 10.0 Å². The standard InChI is InChI=1S/C11H11Cl2NO5/c1-5(2)4-19-10-7(13)3-6(12)9(14(17)18)8(10)11(15)16/h3,5H,4H2,1-2H3,(H,15,16). The van der Waals surface area contributed by atoms with E-state index < -0.39 is 22.1 Å². The van der Waals surface area contributed by atoms with Crippen LogP contribution in [0.25, 0.3) is 0 Å². The molecule has 1 rings (SSSR count). The number of nitro groups is 1. The lowest BCUT2D eigenvalue weighted by atomic mass is 10.1. The highest BCUT2D eigenvalue weighted by Gasteiger charge is 2.31. The molecule has 0 saturated heterocycles. The fourth-order valence-corrected chi connectivity index (χ4v) is 1.95. The molecule has 0 aliphatic heterocycles. The fourth-order valence-electron chi connectivity index (χ4n) is 1.36. The van der Waals surface area contributed by atoms with Gasteiger partial charge in [0.25, 0.3) is 0 Å². The number of ether oxygens (including phenoxy) is 1. The molecule has 104 valence electrons. The lowest BCUT2D eigenvalue weighted by Gasteiger charge is -2.13. The van der Waals surface area contributed by atoms with Gasteiger partial charge in [-0.15, -0.1) is 0 Å². The Balaban J connectivity index is 3.47. The Morgan fingerprint density at radius 3 is 2.47 bits per heavy atom. The molecular weight excluding hydrogens is 297 g/mol. The number of aromatic carboxylic acids is 1. The van der Waals surface area contributed by atoms with Crippen molar-refractivity contribution < 1.29 is 19.6 Å². The Kier molecular flexibility index (Phi) is 4.97. The summed E-state index contributed by atoms with van der Waals surface area (Å²) in [7, 11) is 0. The van der Waals surface area contributed by atoms with Crippen LogP contribution in [0.4, 0.5) is 5.69 Å². The van der Waals surface area contributed by atoms with Gasteiger partial charge in [-0.25, -0.2) is 4.79 Å². The van der Waals surface area contributed by atoms with Crippen LogP contribution >= 0.6 is 23.2 Å². The van der Waals surface area contributed by atoms with Gasteiger partial charge in [0.15, 0.2) is 11.3 Å². The minimum absolute atomic E-state index is 0.0753. The van der Waals surface area contributed by atoms with Crippen LogP contribution in [0.3, 0.4) is 0 Å². The molecule has 1 aromatic carbocycles. The number of carbonyl (C=O) groups is 1. The Bertz CT molecular complexity index is 530. The molecule has 6 nitrogen and oxygen atoms in total. The van der Waals surface area contributed by atoms with E-state index in [0.717, 1.165) is 6.07 Å². The first-order chi connectivity index (χ1) is 8.75. The van der Waals surface area contributed by atoms with E-state index in [1.807, 2.05) is 13.8 Å². The van der Waals surface area contributed by atoms with Crippen LogP contribution in [0.15, 0.2) is 6.07 Å². The highest BCUT2D eigenvalue weighted by atomic mass is 35.5. The predicted octanol–water partition coefficient (Wildman–Crippen LogP) is 3.63. The van der Waals surface area contributed by atoms with Gasteiger partial charge in [0.2, 0.25) is 0 Å². The Hall–Kier alpha value is -1.53. The molecule has 0 heterocycles. The topological polar surface area (TPSA) is 89.7 Å². The molecule has 1 N–H and O–H groups in total. The first-order valence-corrected chi connectivity index (χ1v) is 6.03. The van der Waals surface area contributed by atoms with Crippen LogP contribution in [-0.4, -0.2) is 22.6 Å². The molecule has 0 unspecified atom stereocenters. The maximum absolute atomic E-state index is 11.2. The molecule has 0 aliphatic carbocycles. The molecule has 0 fully saturated rings. The summed E-state index contributed by atoms with van der Waals surface area (Å²) in [6.07, 6.45) is 0. The average Bonchev–Trinajstić information content (AvgIpc) is 2.25. The molecule has 0 amide bonds. The van der Waals surface area contributed by atoms with E-state index in [0.29, 0.717) is 0 Å². The predicted molar refractivity (Wildman–Crippen MR) is 70.4 cm³/mol. The van der Waals surface area contributed by atoms with E-state index in [-0.39, 0.29) is 28.3 Å². The van der Waals surface area contributed by atoms with Gasteiger partial charge in [0.05, 0.1) is 16.6 Å². The molecule has 0 saturated carbocycles. The van der Waals surface area contributed by atoms with Gasteiger partial charge in [-0.05, 0) is 12.0 Å². The van der Waals surface area contributed by atoms with E-state index >= 15 is 0 Å². The Labute approximate surface area is 119 Å². The molecular formula is C11H11Cl2NO5. The van der Waals surface area contributed by atoms with Gasteiger partial charge in [-0.1, -0.05) is 37.0 Å². The summed E-state index contributed by atoms with van der Waals surface area (Å²) < 4.78 is 5.26. The minimum atomic E-state index is -1.52. The number of hydrogen-bond acceptors (Lipinski definition) is 4. The third-order valence-corrected chi connectivity index (χ3v) is 2.69. The number of halogens is 2. The van der Waals surface area contributed by atoms with Crippen LogP contribution in [0.1, 0.15) is 24.2 Å². The van der Waals surface area contributed by atoms with Gasteiger partial charge in [-0.3, -0.25) is 10.1 Å². The zero-order valence-corrected chi connectivity index (χ0v) is 11.7. The number of hydrogen-bond donors (Lipinski definition) is 1. The number of nitrogens with zero attached hydrogens (tertiary/aromatic N) is 1. The summed E-state index contributed by atoms with van der Waals surface area (Å²) in [5.74, 6) is -1.65. The first-order valence-electron chi connectivity index (χ1n) is 5.28. The molecule has 0 aromatic heterocycles. The van der Waals surface area contributed by atoms with E-state index in [9.17, 15) is 14.9 Å². The maximum Gasteiger partial charge on any atom is 0.346 e. The highest BCUT2D eigenvalue weighted by molar-refractivity contribution is 6.38. The normalized spacial score (nSPS) is 10.6. The van der Waals surface area contributed by atoms with E-state index in [1.165, 1.54) is 0 Å². The number of benzene rings is 1. The third kappa shape index (κ3) is 3.48. The Morgan fingerprint density at radius 1 is 1.47 bits per heavy atom. The third-order valence-electron chi connectivity index (χ3n) is 2.12. The number of carboxylic acid groups (broad SMARTS) is 1. The van der Waals surface area contributed by atoms with Gasteiger partial charge >= 0.3 is 11.7 Å². The molecule has 19 heavy (non-hydrogen) atoms. The fraction of sp³-hybridized carbons (Fsp3) is 0.364. The van der Waals surface area contributed by atoms with Gasteiger partial charge in [-0.2, -0.15) is 0 Å². The second-order valence-electron chi connectivity index (χ2n) is 4.16. The summed E-state index contributed by atoms with van der Waals surface area (Å²) in [6.45, 7) is 3.87. The summed E-state index contributed by atoms with van der Waals surface area (Å²) in [5, 5.41) is 19.6. The second kappa shape index (κ2) is 6.08. The molecule has 0 aliphatic rings. The van der Waals surface area contributed by atoms with Crippen molar-refractivity contribution in [1.82, 2.24) is 0 Å². The SMILES string of the molecule is CC(C)COc1c(Cl)cc(Cl)c([N+](=O)[O-])c1C(=O)O. The Morgan fingerprint density at radius 2 is 2.05 bits per heavy atom. The van der Waals surface area contributed by atoms with Crippen molar-refractivity contribution in [2.75, 3.05) is 6.61 Å². The van der Waals surface area contributed by atoms with E-state index in [2.05, 4.69) is 0 Å². The van der Waals surface area contributed by atoms with Crippen molar-refractivity contribution in [2.45, 2.75) is 13.8 Å². The summed E-state index contributed by atoms with van der Waals surface area (Å²) in [4.78, 5) is 21.2. The lowest BCUT2D eigenvalue weighted by Crippen LogP contribution is -2.11. The van der Waals surface area contributed by atoms with Crippen molar-refractivity contribution >= 4 is 34.9 Å². The zero-order valence-electron chi connectivity index (χ0n) is 10.1. The molecule has 0 radical (unpaired) electrons. The van der Waals surface area contributed by atoms with Gasteiger partial charge in [0.1, 0.15) is 5.02 Å². The number of nitro benzene ring substituents is 1. The van der Waals surface area contributed by atoms with Crippen molar-refractivity contribution in [3.63, 3.8) is 0 Å². The van der Waals surface area contributed by atoms with Crippen molar-refractivity contribution in [1.29, 1.82) is 0 Å². The minimum Gasteiger partial charge on any atom is -0.491 e. The van der Waals surface area contributed by atoms with E-state index in [4.69, 9.17) is 33.0 Å². The molecule has 0 spiro atoms. The molecule has 8 heteroatoms. The molecule has 1 aromatic rings. The zero-order chi connectivity index (χ0) is 14.7. The number of carboxylic acids is 1. The van der Waals surface area contributed by atoms with Crippen molar-refractivity contribution in [2.24, 2.45) is 5.92 Å². The molecule has 0 bridgehead atoms. The largest absolute Gasteiger partial charge is 0.491 e. The number of rotatable bonds is 5. The summed E-state index contributed by atoms with van der Waals surface area (Å²) >= 11 is 11.5. The highest BCUT2D eigenvalue weighted by Crippen LogP contribution is 2.41.